The lowest BCUT2D eigenvalue weighted by molar-refractivity contribution is -0.151. The second-order valence-corrected chi connectivity index (χ2v) is 7.78. The summed E-state index contributed by atoms with van der Waals surface area (Å²) in [4.78, 5) is 12.4. The average molecular weight is 415 g/mol. The number of carbonyl (C=O) groups is 1. The largest absolute Gasteiger partial charge is 0.461 e. The molecular weight excluding hydrogens is 389 g/mol. The Balaban J connectivity index is 1.89. The highest BCUT2D eigenvalue weighted by molar-refractivity contribution is 14.1. The van der Waals surface area contributed by atoms with Crippen molar-refractivity contribution in [2.24, 2.45) is 5.92 Å². The van der Waals surface area contributed by atoms with Gasteiger partial charge in [0.2, 0.25) is 0 Å². The summed E-state index contributed by atoms with van der Waals surface area (Å²) in [5.74, 6) is 0.386. The molecule has 22 heavy (non-hydrogen) atoms. The zero-order chi connectivity index (χ0) is 15.9. The third-order valence-electron chi connectivity index (χ3n) is 4.04. The van der Waals surface area contributed by atoms with Gasteiger partial charge < -0.3 is 10.1 Å². The summed E-state index contributed by atoms with van der Waals surface area (Å²) in [6, 6.07) is 8.17. The van der Waals surface area contributed by atoms with Gasteiger partial charge >= 0.3 is 5.97 Å². The minimum Gasteiger partial charge on any atom is -0.461 e. The van der Waals surface area contributed by atoms with Gasteiger partial charge in [-0.15, -0.1) is 0 Å². The maximum Gasteiger partial charge on any atom is 0.323 e. The zero-order valence-corrected chi connectivity index (χ0v) is 15.6. The molecule has 2 rings (SSSR count). The van der Waals surface area contributed by atoms with Gasteiger partial charge in [0.15, 0.2) is 0 Å². The average Bonchev–Trinajstić information content (AvgIpc) is 2.97. The van der Waals surface area contributed by atoms with Crippen LogP contribution >= 0.6 is 22.6 Å². The third kappa shape index (κ3) is 5.88. The molecule has 1 saturated carbocycles. The second kappa shape index (κ2) is 8.87. The fourth-order valence-corrected chi connectivity index (χ4v) is 3.19. The van der Waals surface area contributed by atoms with E-state index < -0.39 is 0 Å². The molecule has 0 radical (unpaired) electrons. The summed E-state index contributed by atoms with van der Waals surface area (Å²) in [5, 5.41) is 3.38. The van der Waals surface area contributed by atoms with Gasteiger partial charge in [0.1, 0.15) is 12.1 Å². The van der Waals surface area contributed by atoms with Crippen LogP contribution in [0.15, 0.2) is 24.3 Å². The van der Waals surface area contributed by atoms with Crippen LogP contribution in [0.1, 0.15) is 51.5 Å². The molecule has 0 unspecified atom stereocenters. The van der Waals surface area contributed by atoms with Crippen molar-refractivity contribution in [3.63, 3.8) is 0 Å². The molecule has 0 bridgehead atoms. The predicted molar refractivity (Wildman–Crippen MR) is 97.6 cm³/mol. The number of hydrogen-bond donors (Lipinski definition) is 1. The van der Waals surface area contributed by atoms with Crippen LogP contribution in [0.25, 0.3) is 0 Å². The van der Waals surface area contributed by atoms with Gasteiger partial charge in [-0.2, -0.15) is 0 Å². The molecule has 1 aliphatic carbocycles. The Labute approximate surface area is 147 Å². The van der Waals surface area contributed by atoms with Crippen molar-refractivity contribution in [2.75, 3.05) is 0 Å². The van der Waals surface area contributed by atoms with E-state index in [1.165, 1.54) is 22.0 Å². The van der Waals surface area contributed by atoms with Gasteiger partial charge in [0.25, 0.3) is 0 Å². The molecular formula is C18H26INO2. The van der Waals surface area contributed by atoms with Crippen LogP contribution < -0.4 is 5.32 Å². The normalized spacial score (nSPS) is 16.9. The lowest BCUT2D eigenvalue weighted by atomic mass is 10.0. The number of hydrogen-bond acceptors (Lipinski definition) is 3. The Morgan fingerprint density at radius 1 is 1.27 bits per heavy atom. The van der Waals surface area contributed by atoms with E-state index in [2.05, 4.69) is 66.0 Å². The van der Waals surface area contributed by atoms with Gasteiger partial charge in [-0.1, -0.05) is 26.0 Å². The zero-order valence-electron chi connectivity index (χ0n) is 13.5. The summed E-state index contributed by atoms with van der Waals surface area (Å²) in [7, 11) is 0. The fraction of sp³-hybridized carbons (Fsp3) is 0.611. The first-order valence-electron chi connectivity index (χ1n) is 8.23. The number of nitrogens with one attached hydrogen (secondary N) is 1. The molecule has 0 heterocycles. The summed E-state index contributed by atoms with van der Waals surface area (Å²) >= 11 is 2.30. The molecule has 4 heteroatoms. The molecule has 122 valence electrons. The molecule has 0 saturated heterocycles. The van der Waals surface area contributed by atoms with Crippen LogP contribution in [0.4, 0.5) is 0 Å². The van der Waals surface area contributed by atoms with Crippen molar-refractivity contribution in [1.29, 1.82) is 0 Å². The molecule has 1 atom stereocenters. The van der Waals surface area contributed by atoms with E-state index in [0.29, 0.717) is 12.5 Å². The van der Waals surface area contributed by atoms with Gasteiger partial charge in [0.05, 0.1) is 0 Å². The summed E-state index contributed by atoms with van der Waals surface area (Å²) in [6.45, 7) is 4.99. The maximum absolute atomic E-state index is 12.4. The van der Waals surface area contributed by atoms with Gasteiger partial charge in [0, 0.05) is 10.1 Å². The lowest BCUT2D eigenvalue weighted by Gasteiger charge is -2.21. The number of benzene rings is 1. The Hall–Kier alpha value is -0.620. The van der Waals surface area contributed by atoms with E-state index in [9.17, 15) is 4.79 Å². The molecule has 1 N–H and O–H groups in total. The van der Waals surface area contributed by atoms with Crippen LogP contribution in [0, 0.1) is 9.49 Å². The van der Waals surface area contributed by atoms with E-state index in [4.69, 9.17) is 4.74 Å². The highest BCUT2D eigenvalue weighted by Gasteiger charge is 2.25. The Bertz CT molecular complexity index is 466. The molecule has 0 aromatic heterocycles. The van der Waals surface area contributed by atoms with Gasteiger partial charge in [-0.05, 0) is 78.3 Å². The lowest BCUT2D eigenvalue weighted by Crippen LogP contribution is -2.40. The van der Waals surface area contributed by atoms with Crippen molar-refractivity contribution in [1.82, 2.24) is 5.32 Å². The summed E-state index contributed by atoms with van der Waals surface area (Å²) < 4.78 is 6.90. The first kappa shape index (κ1) is 17.7. The van der Waals surface area contributed by atoms with E-state index in [1.54, 1.807) is 0 Å². The fourth-order valence-electron chi connectivity index (χ4n) is 2.83. The maximum atomic E-state index is 12.4. The van der Waals surface area contributed by atoms with Crippen LogP contribution in [0.3, 0.4) is 0 Å². The molecule has 0 amide bonds. The Morgan fingerprint density at radius 3 is 2.50 bits per heavy atom. The van der Waals surface area contributed by atoms with Crippen molar-refractivity contribution in [2.45, 2.75) is 64.6 Å². The molecule has 3 nitrogen and oxygen atoms in total. The number of carbonyl (C=O) groups excluding carboxylic acids is 1. The van der Waals surface area contributed by atoms with Crippen LogP contribution in [0.5, 0.6) is 0 Å². The molecule has 0 aliphatic heterocycles. The van der Waals surface area contributed by atoms with E-state index >= 15 is 0 Å². The van der Waals surface area contributed by atoms with E-state index in [0.717, 1.165) is 19.3 Å². The highest BCUT2D eigenvalue weighted by atomic mass is 127. The Kier molecular flexibility index (Phi) is 7.15. The van der Waals surface area contributed by atoms with Crippen LogP contribution in [-0.4, -0.2) is 18.1 Å². The molecule has 1 aromatic rings. The number of rotatable bonds is 7. The first-order valence-corrected chi connectivity index (χ1v) is 9.31. The third-order valence-corrected chi connectivity index (χ3v) is 4.76. The van der Waals surface area contributed by atoms with Gasteiger partial charge in [-0.25, -0.2) is 0 Å². The van der Waals surface area contributed by atoms with E-state index in [-0.39, 0.29) is 18.1 Å². The minimum absolute atomic E-state index is 0.0777. The summed E-state index contributed by atoms with van der Waals surface area (Å²) in [5.41, 5.74) is 1.20. The van der Waals surface area contributed by atoms with Gasteiger partial charge in [-0.3, -0.25) is 4.79 Å². The van der Waals surface area contributed by atoms with Crippen molar-refractivity contribution >= 4 is 28.6 Å². The second-order valence-electron chi connectivity index (χ2n) is 6.53. The number of ether oxygens (including phenoxy) is 1. The van der Waals surface area contributed by atoms with Crippen molar-refractivity contribution < 1.29 is 9.53 Å². The topological polar surface area (TPSA) is 38.3 Å². The monoisotopic (exact) mass is 415 g/mol. The quantitative estimate of drug-likeness (QED) is 0.534. The number of halogens is 1. The molecule has 0 spiro atoms. The molecule has 1 aromatic carbocycles. The highest BCUT2D eigenvalue weighted by Crippen LogP contribution is 2.22. The smallest absolute Gasteiger partial charge is 0.323 e. The molecule has 1 fully saturated rings. The first-order chi connectivity index (χ1) is 10.5. The Morgan fingerprint density at radius 2 is 1.91 bits per heavy atom. The van der Waals surface area contributed by atoms with Crippen LogP contribution in [-0.2, 0) is 16.1 Å². The predicted octanol–water partition coefficient (Wildman–Crippen LogP) is 4.28. The number of esters is 1. The van der Waals surface area contributed by atoms with Crippen molar-refractivity contribution in [3.05, 3.63) is 33.4 Å². The van der Waals surface area contributed by atoms with Crippen LogP contribution in [0.2, 0.25) is 0 Å². The van der Waals surface area contributed by atoms with Crippen molar-refractivity contribution in [3.8, 4) is 0 Å². The van der Waals surface area contributed by atoms with E-state index in [1.807, 2.05) is 0 Å². The standard InChI is InChI=1S/C18H26INO2/c1-13(2)11-17(18(21)22-16-5-3-4-6-16)20-12-14-7-9-15(19)10-8-14/h7-10,13,16-17,20H,3-6,11-12H2,1-2H3/t17-/m0/s1. The SMILES string of the molecule is CC(C)C[C@H](NCc1ccc(I)cc1)C(=O)OC1CCCC1. The summed E-state index contributed by atoms with van der Waals surface area (Å²) in [6.07, 6.45) is 5.37. The molecule has 1 aliphatic rings. The minimum atomic E-state index is -0.208.